The van der Waals surface area contributed by atoms with Gasteiger partial charge < -0.3 is 0 Å². The molecule has 1 aromatic heterocycles. The molecule has 0 N–H and O–H groups in total. The SMILES string of the molecule is CN(Cc1ccncc1)S(=O)(=O)c1ccc(C#N)c(Cl)c1. The highest BCUT2D eigenvalue weighted by atomic mass is 35.5. The molecule has 0 aliphatic carbocycles. The second-order valence-electron chi connectivity index (χ2n) is 4.37. The van der Waals surface area contributed by atoms with Crippen molar-refractivity contribution in [2.24, 2.45) is 0 Å². The third-order valence-electron chi connectivity index (χ3n) is 2.92. The molecule has 0 atom stereocenters. The predicted molar refractivity (Wildman–Crippen MR) is 79.1 cm³/mol. The van der Waals surface area contributed by atoms with Crippen LogP contribution in [0.15, 0.2) is 47.6 Å². The van der Waals surface area contributed by atoms with Gasteiger partial charge in [0.2, 0.25) is 10.0 Å². The van der Waals surface area contributed by atoms with Crippen molar-refractivity contribution < 1.29 is 8.42 Å². The first-order valence-corrected chi connectivity index (χ1v) is 7.82. The van der Waals surface area contributed by atoms with Gasteiger partial charge in [0.15, 0.2) is 0 Å². The van der Waals surface area contributed by atoms with Gasteiger partial charge >= 0.3 is 0 Å². The Morgan fingerprint density at radius 2 is 1.95 bits per heavy atom. The maximum absolute atomic E-state index is 12.5. The average molecular weight is 322 g/mol. The van der Waals surface area contributed by atoms with E-state index in [9.17, 15) is 8.42 Å². The maximum atomic E-state index is 12.5. The lowest BCUT2D eigenvalue weighted by Gasteiger charge is -2.17. The largest absolute Gasteiger partial charge is 0.265 e. The van der Waals surface area contributed by atoms with E-state index >= 15 is 0 Å². The van der Waals surface area contributed by atoms with Crippen molar-refractivity contribution in [1.82, 2.24) is 9.29 Å². The lowest BCUT2D eigenvalue weighted by atomic mass is 10.2. The van der Waals surface area contributed by atoms with E-state index in [1.807, 2.05) is 6.07 Å². The van der Waals surface area contributed by atoms with E-state index in [4.69, 9.17) is 16.9 Å². The van der Waals surface area contributed by atoms with Gasteiger partial charge in [-0.3, -0.25) is 4.98 Å². The molecule has 0 unspecified atom stereocenters. The molecule has 0 amide bonds. The summed E-state index contributed by atoms with van der Waals surface area (Å²) < 4.78 is 26.1. The number of benzene rings is 1. The Morgan fingerprint density at radius 1 is 1.29 bits per heavy atom. The van der Waals surface area contributed by atoms with Crippen LogP contribution in [0.25, 0.3) is 0 Å². The van der Waals surface area contributed by atoms with Gasteiger partial charge in [-0.15, -0.1) is 0 Å². The first kappa shape index (κ1) is 15.4. The zero-order valence-corrected chi connectivity index (χ0v) is 12.8. The second kappa shape index (κ2) is 6.22. The summed E-state index contributed by atoms with van der Waals surface area (Å²) in [5, 5.41) is 8.94. The van der Waals surface area contributed by atoms with Crippen LogP contribution in [-0.4, -0.2) is 24.8 Å². The van der Waals surface area contributed by atoms with Crippen LogP contribution < -0.4 is 0 Å². The van der Waals surface area contributed by atoms with Crippen molar-refractivity contribution in [2.45, 2.75) is 11.4 Å². The molecule has 2 aromatic rings. The molecule has 0 radical (unpaired) electrons. The third kappa shape index (κ3) is 3.39. The number of halogens is 1. The topological polar surface area (TPSA) is 74.1 Å². The summed E-state index contributed by atoms with van der Waals surface area (Å²) >= 11 is 5.89. The summed E-state index contributed by atoms with van der Waals surface area (Å²) in [7, 11) is -2.18. The summed E-state index contributed by atoms with van der Waals surface area (Å²) in [6, 6.07) is 9.46. The van der Waals surface area contributed by atoms with Crippen LogP contribution in [0, 0.1) is 11.3 Å². The second-order valence-corrected chi connectivity index (χ2v) is 6.82. The van der Waals surface area contributed by atoms with E-state index in [0.29, 0.717) is 0 Å². The van der Waals surface area contributed by atoms with Crippen LogP contribution in [0.1, 0.15) is 11.1 Å². The van der Waals surface area contributed by atoms with E-state index in [-0.39, 0.29) is 22.0 Å². The van der Waals surface area contributed by atoms with E-state index < -0.39 is 10.0 Å². The summed E-state index contributed by atoms with van der Waals surface area (Å²) in [5.74, 6) is 0. The highest BCUT2D eigenvalue weighted by Gasteiger charge is 2.21. The van der Waals surface area contributed by atoms with Gasteiger partial charge in [0.1, 0.15) is 6.07 Å². The van der Waals surface area contributed by atoms with E-state index in [1.54, 1.807) is 24.5 Å². The number of aromatic nitrogens is 1. The van der Waals surface area contributed by atoms with Crippen molar-refractivity contribution in [3.05, 3.63) is 58.9 Å². The number of nitriles is 1. The molecule has 0 saturated heterocycles. The zero-order valence-electron chi connectivity index (χ0n) is 11.2. The van der Waals surface area contributed by atoms with Crippen LogP contribution in [0.2, 0.25) is 5.02 Å². The number of nitrogens with zero attached hydrogens (tertiary/aromatic N) is 3. The van der Waals surface area contributed by atoms with Crippen molar-refractivity contribution in [1.29, 1.82) is 5.26 Å². The summed E-state index contributed by atoms with van der Waals surface area (Å²) in [5.41, 5.74) is 1.07. The van der Waals surface area contributed by atoms with Crippen LogP contribution in [0.3, 0.4) is 0 Å². The Morgan fingerprint density at radius 3 is 2.52 bits per heavy atom. The highest BCUT2D eigenvalue weighted by molar-refractivity contribution is 7.89. The van der Waals surface area contributed by atoms with Gasteiger partial charge in [-0.05, 0) is 35.9 Å². The molecule has 0 spiro atoms. The minimum atomic E-state index is -3.67. The van der Waals surface area contributed by atoms with E-state index in [0.717, 1.165) is 5.56 Å². The lowest BCUT2D eigenvalue weighted by molar-refractivity contribution is 0.466. The molecule has 0 bridgehead atoms. The summed E-state index contributed by atoms with van der Waals surface area (Å²) in [4.78, 5) is 3.95. The normalized spacial score (nSPS) is 11.3. The molecule has 0 aliphatic heterocycles. The fourth-order valence-corrected chi connectivity index (χ4v) is 3.23. The molecular formula is C14H12ClN3O2S. The number of pyridine rings is 1. The molecule has 5 nitrogen and oxygen atoms in total. The number of hydrogen-bond donors (Lipinski definition) is 0. The van der Waals surface area contributed by atoms with Crippen molar-refractivity contribution in [2.75, 3.05) is 7.05 Å². The zero-order chi connectivity index (χ0) is 15.5. The monoisotopic (exact) mass is 321 g/mol. The van der Waals surface area contributed by atoms with Crippen LogP contribution >= 0.6 is 11.6 Å². The molecule has 1 heterocycles. The molecular weight excluding hydrogens is 310 g/mol. The Labute approximate surface area is 128 Å². The Hall–Kier alpha value is -1.94. The van der Waals surface area contributed by atoms with Crippen molar-refractivity contribution in [3.8, 4) is 6.07 Å². The number of hydrogen-bond acceptors (Lipinski definition) is 4. The Balaban J connectivity index is 2.29. The standard InChI is InChI=1S/C14H12ClN3O2S/c1-18(10-11-4-6-17-7-5-11)21(19,20)13-3-2-12(9-16)14(15)8-13/h2-8H,10H2,1H3. The Kier molecular flexibility index (Phi) is 4.58. The van der Waals surface area contributed by atoms with Crippen molar-refractivity contribution >= 4 is 21.6 Å². The molecule has 7 heteroatoms. The molecule has 0 saturated carbocycles. The van der Waals surface area contributed by atoms with Crippen LogP contribution in [0.4, 0.5) is 0 Å². The Bertz CT molecular complexity index is 786. The van der Waals surface area contributed by atoms with E-state index in [2.05, 4.69) is 4.98 Å². The summed E-state index contributed by atoms with van der Waals surface area (Å²) in [6.45, 7) is 0.225. The van der Waals surface area contributed by atoms with Gasteiger partial charge in [0, 0.05) is 26.0 Å². The molecule has 21 heavy (non-hydrogen) atoms. The fraction of sp³-hybridized carbons (Fsp3) is 0.143. The molecule has 0 fully saturated rings. The highest BCUT2D eigenvalue weighted by Crippen LogP contribution is 2.23. The molecule has 1 aromatic carbocycles. The van der Waals surface area contributed by atoms with Crippen LogP contribution in [-0.2, 0) is 16.6 Å². The van der Waals surface area contributed by atoms with Gasteiger partial charge in [-0.25, -0.2) is 8.42 Å². The number of rotatable bonds is 4. The average Bonchev–Trinajstić information content (AvgIpc) is 2.48. The quantitative estimate of drug-likeness (QED) is 0.866. The van der Waals surface area contributed by atoms with Gasteiger partial charge in [0.25, 0.3) is 0 Å². The molecule has 2 rings (SSSR count). The lowest BCUT2D eigenvalue weighted by Crippen LogP contribution is -2.26. The number of sulfonamides is 1. The van der Waals surface area contributed by atoms with Gasteiger partial charge in [-0.2, -0.15) is 9.57 Å². The molecule has 108 valence electrons. The van der Waals surface area contributed by atoms with Crippen LogP contribution in [0.5, 0.6) is 0 Å². The van der Waals surface area contributed by atoms with Crippen molar-refractivity contribution in [3.63, 3.8) is 0 Å². The van der Waals surface area contributed by atoms with E-state index in [1.165, 1.54) is 29.6 Å². The minimum Gasteiger partial charge on any atom is -0.265 e. The summed E-state index contributed by atoms with van der Waals surface area (Å²) in [6.07, 6.45) is 3.21. The smallest absolute Gasteiger partial charge is 0.243 e. The first-order chi connectivity index (χ1) is 9.95. The fourth-order valence-electron chi connectivity index (χ4n) is 1.76. The van der Waals surface area contributed by atoms with Gasteiger partial charge in [-0.1, -0.05) is 11.6 Å². The molecule has 0 aliphatic rings. The first-order valence-electron chi connectivity index (χ1n) is 6.00. The minimum absolute atomic E-state index is 0.0584. The van der Waals surface area contributed by atoms with Gasteiger partial charge in [0.05, 0.1) is 15.5 Å². The third-order valence-corrected chi connectivity index (χ3v) is 5.04. The maximum Gasteiger partial charge on any atom is 0.243 e. The predicted octanol–water partition coefficient (Wildman–Crippen LogP) is 2.43.